The maximum absolute atomic E-state index is 12.7. The summed E-state index contributed by atoms with van der Waals surface area (Å²) in [6.07, 6.45) is -4.39. The zero-order chi connectivity index (χ0) is 15.0. The number of fused-ring (bicyclic) bond motifs is 1. The first-order valence-electron chi connectivity index (χ1n) is 5.99. The van der Waals surface area contributed by atoms with Crippen molar-refractivity contribution in [3.05, 3.63) is 35.6 Å². The molecule has 5 nitrogen and oxygen atoms in total. The summed E-state index contributed by atoms with van der Waals surface area (Å²) in [6, 6.07) is 4.94. The number of rotatable bonds is 3. The van der Waals surface area contributed by atoms with E-state index in [-0.39, 0.29) is 12.1 Å². The van der Waals surface area contributed by atoms with Crippen LogP contribution in [-0.4, -0.2) is 22.2 Å². The van der Waals surface area contributed by atoms with Gasteiger partial charge in [-0.1, -0.05) is 5.16 Å². The Morgan fingerprint density at radius 3 is 2.81 bits per heavy atom. The second-order valence-corrected chi connectivity index (χ2v) is 4.43. The normalized spacial score (nSPS) is 12.2. The first-order chi connectivity index (χ1) is 9.97. The SMILES string of the molecule is COCc1cc(-c2nc3ccc(C(F)(F)F)cc3[nH]2)no1. The van der Waals surface area contributed by atoms with Crippen molar-refractivity contribution in [2.45, 2.75) is 12.8 Å². The molecule has 0 aliphatic heterocycles. The fourth-order valence-electron chi connectivity index (χ4n) is 1.94. The van der Waals surface area contributed by atoms with Crippen molar-refractivity contribution in [2.24, 2.45) is 0 Å². The van der Waals surface area contributed by atoms with Crippen molar-refractivity contribution in [2.75, 3.05) is 7.11 Å². The van der Waals surface area contributed by atoms with Gasteiger partial charge in [0.25, 0.3) is 0 Å². The second kappa shape index (κ2) is 4.88. The van der Waals surface area contributed by atoms with Gasteiger partial charge >= 0.3 is 6.18 Å². The predicted molar refractivity (Wildman–Crippen MR) is 67.3 cm³/mol. The maximum atomic E-state index is 12.7. The topological polar surface area (TPSA) is 63.9 Å². The summed E-state index contributed by atoms with van der Waals surface area (Å²) in [5.41, 5.74) is 0.391. The Kier molecular flexibility index (Phi) is 3.17. The van der Waals surface area contributed by atoms with Gasteiger partial charge in [-0.3, -0.25) is 0 Å². The van der Waals surface area contributed by atoms with Crippen molar-refractivity contribution in [1.29, 1.82) is 0 Å². The third kappa shape index (κ3) is 2.62. The number of ether oxygens (including phenoxy) is 1. The molecule has 0 atom stereocenters. The third-order valence-electron chi connectivity index (χ3n) is 2.90. The van der Waals surface area contributed by atoms with Crippen LogP contribution in [0.4, 0.5) is 13.2 Å². The minimum absolute atomic E-state index is 0.255. The lowest BCUT2D eigenvalue weighted by Crippen LogP contribution is -2.04. The van der Waals surface area contributed by atoms with Crippen LogP contribution in [0.5, 0.6) is 0 Å². The average molecular weight is 297 g/mol. The molecular weight excluding hydrogens is 287 g/mol. The summed E-state index contributed by atoms with van der Waals surface area (Å²) in [7, 11) is 1.52. The Morgan fingerprint density at radius 2 is 2.10 bits per heavy atom. The minimum Gasteiger partial charge on any atom is -0.377 e. The van der Waals surface area contributed by atoms with E-state index in [1.54, 1.807) is 6.07 Å². The number of imidazole rings is 1. The van der Waals surface area contributed by atoms with Crippen molar-refractivity contribution in [1.82, 2.24) is 15.1 Å². The van der Waals surface area contributed by atoms with Gasteiger partial charge < -0.3 is 14.2 Å². The van der Waals surface area contributed by atoms with Gasteiger partial charge in [0, 0.05) is 13.2 Å². The van der Waals surface area contributed by atoms with E-state index in [2.05, 4.69) is 15.1 Å². The van der Waals surface area contributed by atoms with Crippen LogP contribution in [0, 0.1) is 0 Å². The summed E-state index contributed by atoms with van der Waals surface area (Å²) < 4.78 is 47.9. The molecule has 0 aliphatic carbocycles. The molecule has 0 saturated carbocycles. The van der Waals surface area contributed by atoms with Crippen LogP contribution in [0.15, 0.2) is 28.8 Å². The molecule has 0 spiro atoms. The first-order valence-corrected chi connectivity index (χ1v) is 5.99. The minimum atomic E-state index is -4.39. The van der Waals surface area contributed by atoms with E-state index in [1.807, 2.05) is 0 Å². The van der Waals surface area contributed by atoms with Gasteiger partial charge in [0.05, 0.1) is 16.6 Å². The van der Waals surface area contributed by atoms with Crippen LogP contribution < -0.4 is 0 Å². The number of aromatic nitrogens is 3. The number of methoxy groups -OCH3 is 1. The maximum Gasteiger partial charge on any atom is 0.416 e. The number of halogens is 3. The lowest BCUT2D eigenvalue weighted by Gasteiger charge is -2.05. The molecule has 0 unspecified atom stereocenters. The zero-order valence-electron chi connectivity index (χ0n) is 10.9. The highest BCUT2D eigenvalue weighted by atomic mass is 19.4. The largest absolute Gasteiger partial charge is 0.416 e. The monoisotopic (exact) mass is 297 g/mol. The molecule has 21 heavy (non-hydrogen) atoms. The molecule has 0 fully saturated rings. The van der Waals surface area contributed by atoms with Crippen LogP contribution in [0.1, 0.15) is 11.3 Å². The molecular formula is C13H10F3N3O2. The van der Waals surface area contributed by atoms with Crippen LogP contribution in [0.2, 0.25) is 0 Å². The van der Waals surface area contributed by atoms with Gasteiger partial charge in [-0.25, -0.2) is 4.98 Å². The molecule has 0 saturated heterocycles. The molecule has 1 N–H and O–H groups in total. The van der Waals surface area contributed by atoms with Gasteiger partial charge in [-0.05, 0) is 18.2 Å². The summed E-state index contributed by atoms with van der Waals surface area (Å²) in [4.78, 5) is 7.00. The summed E-state index contributed by atoms with van der Waals surface area (Å²) in [5, 5.41) is 3.80. The molecule has 2 heterocycles. The van der Waals surface area contributed by atoms with Crippen molar-refractivity contribution in [3.63, 3.8) is 0 Å². The lowest BCUT2D eigenvalue weighted by atomic mass is 10.2. The predicted octanol–water partition coefficient (Wildman–Crippen LogP) is 3.38. The van der Waals surface area contributed by atoms with Gasteiger partial charge in [0.2, 0.25) is 0 Å². The molecule has 0 aliphatic rings. The Labute approximate surface area is 116 Å². The Balaban J connectivity index is 2.00. The number of nitrogens with one attached hydrogen (secondary N) is 1. The van der Waals surface area contributed by atoms with Crippen molar-refractivity contribution < 1.29 is 22.4 Å². The van der Waals surface area contributed by atoms with Crippen molar-refractivity contribution >= 4 is 11.0 Å². The number of benzene rings is 1. The average Bonchev–Trinajstić information content (AvgIpc) is 3.02. The molecule has 2 aromatic heterocycles. The molecule has 3 rings (SSSR count). The van der Waals surface area contributed by atoms with E-state index in [4.69, 9.17) is 9.26 Å². The van der Waals surface area contributed by atoms with E-state index >= 15 is 0 Å². The molecule has 1 aromatic carbocycles. The van der Waals surface area contributed by atoms with Crippen molar-refractivity contribution in [3.8, 4) is 11.5 Å². The van der Waals surface area contributed by atoms with E-state index < -0.39 is 11.7 Å². The number of alkyl halides is 3. The first kappa shape index (κ1) is 13.6. The third-order valence-corrected chi connectivity index (χ3v) is 2.90. The van der Waals surface area contributed by atoms with Gasteiger partial charge in [0.1, 0.15) is 12.3 Å². The number of nitrogens with zero attached hydrogens (tertiary/aromatic N) is 2. The fourth-order valence-corrected chi connectivity index (χ4v) is 1.94. The highest BCUT2D eigenvalue weighted by Gasteiger charge is 2.30. The number of hydrogen-bond donors (Lipinski definition) is 1. The molecule has 3 aromatic rings. The molecule has 110 valence electrons. The van der Waals surface area contributed by atoms with Crippen LogP contribution in [0.3, 0.4) is 0 Å². The van der Waals surface area contributed by atoms with E-state index in [0.717, 1.165) is 12.1 Å². The lowest BCUT2D eigenvalue weighted by molar-refractivity contribution is -0.137. The Bertz CT molecular complexity index is 776. The fraction of sp³-hybridized carbons (Fsp3) is 0.231. The van der Waals surface area contributed by atoms with Crippen LogP contribution in [-0.2, 0) is 17.5 Å². The summed E-state index contributed by atoms with van der Waals surface area (Å²) >= 11 is 0. The van der Waals surface area contributed by atoms with Crippen LogP contribution >= 0.6 is 0 Å². The highest BCUT2D eigenvalue weighted by Crippen LogP contribution is 2.31. The van der Waals surface area contributed by atoms with E-state index in [0.29, 0.717) is 22.8 Å². The van der Waals surface area contributed by atoms with E-state index in [1.165, 1.54) is 13.2 Å². The zero-order valence-corrected chi connectivity index (χ0v) is 10.9. The molecule has 8 heteroatoms. The number of hydrogen-bond acceptors (Lipinski definition) is 4. The van der Waals surface area contributed by atoms with Gasteiger partial charge in [0.15, 0.2) is 11.6 Å². The molecule has 0 amide bonds. The summed E-state index contributed by atoms with van der Waals surface area (Å²) in [6.45, 7) is 0.255. The van der Waals surface area contributed by atoms with Gasteiger partial charge in [-0.2, -0.15) is 13.2 Å². The number of aromatic amines is 1. The smallest absolute Gasteiger partial charge is 0.377 e. The Hall–Kier alpha value is -2.35. The van der Waals surface area contributed by atoms with E-state index in [9.17, 15) is 13.2 Å². The van der Waals surface area contributed by atoms with Gasteiger partial charge in [-0.15, -0.1) is 0 Å². The number of H-pyrrole nitrogens is 1. The molecule has 0 radical (unpaired) electrons. The standard InChI is InChI=1S/C13H10F3N3O2/c1-20-6-8-5-11(19-21-8)12-17-9-3-2-7(13(14,15)16)4-10(9)18-12/h2-5H,6H2,1H3,(H,17,18). The molecule has 0 bridgehead atoms. The second-order valence-electron chi connectivity index (χ2n) is 4.43. The van der Waals surface area contributed by atoms with Crippen LogP contribution in [0.25, 0.3) is 22.6 Å². The Morgan fingerprint density at radius 1 is 1.29 bits per heavy atom. The highest BCUT2D eigenvalue weighted by molar-refractivity contribution is 5.79. The summed E-state index contributed by atoms with van der Waals surface area (Å²) in [5.74, 6) is 0.847. The quantitative estimate of drug-likeness (QED) is 0.805.